The van der Waals surface area contributed by atoms with E-state index in [9.17, 15) is 18.0 Å². The van der Waals surface area contributed by atoms with Gasteiger partial charge in [-0.2, -0.15) is 9.57 Å². The van der Waals surface area contributed by atoms with Crippen molar-refractivity contribution in [2.24, 2.45) is 0 Å². The van der Waals surface area contributed by atoms with Crippen LogP contribution in [-0.2, 0) is 23.1 Å². The summed E-state index contributed by atoms with van der Waals surface area (Å²) < 4.78 is 29.8. The number of hydrogen-bond acceptors (Lipinski definition) is 5. The number of aryl methyl sites for hydroxylation is 1. The molecule has 0 aliphatic heterocycles. The molecule has 9 heteroatoms. The van der Waals surface area contributed by atoms with E-state index in [0.717, 1.165) is 15.5 Å². The summed E-state index contributed by atoms with van der Waals surface area (Å²) in [4.78, 5) is 25.4. The number of carbonyl (C=O) groups excluding carboxylic acids is 1. The van der Waals surface area contributed by atoms with Crippen molar-refractivity contribution in [3.63, 3.8) is 0 Å². The second-order valence-electron chi connectivity index (χ2n) is 7.00. The SMILES string of the molecule is CCN(CC)S(=O)(=O)c1ccc(=O)n(CC(=O)c2cn(CCC#N)c3ccccc23)c1. The van der Waals surface area contributed by atoms with E-state index in [0.29, 0.717) is 31.6 Å². The van der Waals surface area contributed by atoms with Gasteiger partial charge >= 0.3 is 0 Å². The van der Waals surface area contributed by atoms with E-state index in [4.69, 9.17) is 5.26 Å². The van der Waals surface area contributed by atoms with Gasteiger partial charge in [0.2, 0.25) is 10.0 Å². The number of ketones is 1. The lowest BCUT2D eigenvalue weighted by molar-refractivity contribution is 0.0972. The molecule has 31 heavy (non-hydrogen) atoms. The molecule has 0 aliphatic carbocycles. The molecule has 3 aromatic rings. The molecule has 8 nitrogen and oxygen atoms in total. The number of para-hydroxylation sites is 1. The monoisotopic (exact) mass is 440 g/mol. The first-order chi connectivity index (χ1) is 14.8. The van der Waals surface area contributed by atoms with Crippen molar-refractivity contribution in [3.05, 3.63) is 64.7 Å². The molecule has 0 N–H and O–H groups in total. The van der Waals surface area contributed by atoms with Crippen molar-refractivity contribution in [1.82, 2.24) is 13.4 Å². The summed E-state index contributed by atoms with van der Waals surface area (Å²) in [5.74, 6) is -0.314. The predicted octanol–water partition coefficient (Wildman–Crippen LogP) is 2.63. The van der Waals surface area contributed by atoms with Gasteiger partial charge in [0.1, 0.15) is 0 Å². The third kappa shape index (κ3) is 4.45. The molecule has 0 radical (unpaired) electrons. The van der Waals surface area contributed by atoms with E-state index < -0.39 is 15.6 Å². The van der Waals surface area contributed by atoms with Gasteiger partial charge in [-0.05, 0) is 12.1 Å². The quantitative estimate of drug-likeness (QED) is 0.476. The summed E-state index contributed by atoms with van der Waals surface area (Å²) in [5, 5.41) is 9.61. The molecule has 0 aliphatic rings. The Kier molecular flexibility index (Phi) is 6.73. The van der Waals surface area contributed by atoms with Gasteiger partial charge in [-0.25, -0.2) is 8.42 Å². The second-order valence-corrected chi connectivity index (χ2v) is 8.94. The van der Waals surface area contributed by atoms with E-state index in [-0.39, 0.29) is 17.2 Å². The maximum absolute atomic E-state index is 13.1. The molecule has 2 aromatic heterocycles. The minimum atomic E-state index is -3.75. The Balaban J connectivity index is 1.98. The highest BCUT2D eigenvalue weighted by Crippen LogP contribution is 2.23. The summed E-state index contributed by atoms with van der Waals surface area (Å²) in [6.07, 6.45) is 3.21. The molecule has 0 bridgehead atoms. The van der Waals surface area contributed by atoms with Gasteiger partial charge in [0.25, 0.3) is 5.56 Å². The van der Waals surface area contributed by atoms with Crippen LogP contribution in [0.2, 0.25) is 0 Å². The standard InChI is InChI=1S/C22H24N4O4S/c1-3-26(4-2)31(29,30)17-10-11-22(28)25(14-17)16-21(27)19-15-24(13-7-12-23)20-9-6-5-8-18(19)20/h5-6,8-11,14-15H,3-4,7,13,16H2,1-2H3. The van der Waals surface area contributed by atoms with Crippen LogP contribution in [0.4, 0.5) is 0 Å². The molecule has 0 fully saturated rings. The van der Waals surface area contributed by atoms with Gasteiger partial charge < -0.3 is 9.13 Å². The van der Waals surface area contributed by atoms with E-state index in [1.807, 2.05) is 28.8 Å². The number of Topliss-reactive ketones (excluding diaryl/α,β-unsaturated/α-hetero) is 1. The molecule has 0 atom stereocenters. The predicted molar refractivity (Wildman–Crippen MR) is 117 cm³/mol. The van der Waals surface area contributed by atoms with Crippen molar-refractivity contribution < 1.29 is 13.2 Å². The van der Waals surface area contributed by atoms with Gasteiger partial charge in [0.05, 0.1) is 23.9 Å². The molecule has 162 valence electrons. The van der Waals surface area contributed by atoms with E-state index in [2.05, 4.69) is 6.07 Å². The maximum atomic E-state index is 13.1. The first-order valence-electron chi connectivity index (χ1n) is 10.0. The fourth-order valence-electron chi connectivity index (χ4n) is 3.56. The maximum Gasteiger partial charge on any atom is 0.251 e. The number of nitrogens with zero attached hydrogens (tertiary/aromatic N) is 4. The minimum absolute atomic E-state index is 0.0277. The molecule has 3 rings (SSSR count). The van der Waals surface area contributed by atoms with Crippen molar-refractivity contribution in [1.29, 1.82) is 5.26 Å². The van der Waals surface area contributed by atoms with Crippen LogP contribution in [0.25, 0.3) is 10.9 Å². The first kappa shape index (κ1) is 22.5. The number of carbonyl (C=O) groups is 1. The Morgan fingerprint density at radius 2 is 1.77 bits per heavy atom. The Hall–Kier alpha value is -3.22. The van der Waals surface area contributed by atoms with E-state index in [1.165, 1.54) is 22.6 Å². The number of sulfonamides is 1. The highest BCUT2D eigenvalue weighted by atomic mass is 32.2. The summed E-state index contributed by atoms with van der Waals surface area (Å²) in [6.45, 7) is 4.25. The van der Waals surface area contributed by atoms with Crippen LogP contribution >= 0.6 is 0 Å². The smallest absolute Gasteiger partial charge is 0.251 e. The number of rotatable bonds is 9. The number of aromatic nitrogens is 2. The van der Waals surface area contributed by atoms with Crippen molar-refractivity contribution in [3.8, 4) is 6.07 Å². The Labute approximate surface area is 181 Å². The van der Waals surface area contributed by atoms with E-state index in [1.54, 1.807) is 20.0 Å². The summed E-state index contributed by atoms with van der Waals surface area (Å²) in [7, 11) is -3.75. The van der Waals surface area contributed by atoms with Crippen LogP contribution in [0.1, 0.15) is 30.6 Å². The molecular formula is C22H24N4O4S. The van der Waals surface area contributed by atoms with Gasteiger partial charge in [-0.3, -0.25) is 9.59 Å². The zero-order valence-corrected chi connectivity index (χ0v) is 18.3. The van der Waals surface area contributed by atoms with E-state index >= 15 is 0 Å². The molecule has 1 aromatic carbocycles. The molecular weight excluding hydrogens is 416 g/mol. The fraction of sp³-hybridized carbons (Fsp3) is 0.318. The zero-order chi connectivity index (χ0) is 22.6. The van der Waals surface area contributed by atoms with Crippen LogP contribution in [-0.4, -0.2) is 40.7 Å². The Morgan fingerprint density at radius 1 is 1.06 bits per heavy atom. The molecule has 0 spiro atoms. The van der Waals surface area contributed by atoms with Crippen LogP contribution in [0, 0.1) is 11.3 Å². The molecule has 0 saturated heterocycles. The third-order valence-corrected chi connectivity index (χ3v) is 7.20. The topological polar surface area (TPSA) is 105 Å². The fourth-order valence-corrected chi connectivity index (χ4v) is 5.04. The van der Waals surface area contributed by atoms with Gasteiger partial charge in [0.15, 0.2) is 5.78 Å². The Morgan fingerprint density at radius 3 is 2.45 bits per heavy atom. The zero-order valence-electron chi connectivity index (χ0n) is 17.5. The van der Waals surface area contributed by atoms with Crippen molar-refractivity contribution >= 4 is 26.7 Å². The number of benzene rings is 1. The average molecular weight is 441 g/mol. The van der Waals surface area contributed by atoms with Gasteiger partial charge in [-0.1, -0.05) is 32.0 Å². The van der Waals surface area contributed by atoms with Crippen molar-refractivity contribution in [2.75, 3.05) is 13.1 Å². The average Bonchev–Trinajstić information content (AvgIpc) is 3.13. The van der Waals surface area contributed by atoms with Crippen LogP contribution in [0.15, 0.2) is 58.5 Å². The largest absolute Gasteiger partial charge is 0.346 e. The number of fused-ring (bicyclic) bond motifs is 1. The highest BCUT2D eigenvalue weighted by Gasteiger charge is 2.23. The van der Waals surface area contributed by atoms with Crippen LogP contribution in [0.3, 0.4) is 0 Å². The highest BCUT2D eigenvalue weighted by molar-refractivity contribution is 7.89. The Bertz CT molecular complexity index is 1310. The molecule has 0 unspecified atom stereocenters. The first-order valence-corrected chi connectivity index (χ1v) is 11.5. The lowest BCUT2D eigenvalue weighted by Gasteiger charge is -2.18. The van der Waals surface area contributed by atoms with Crippen LogP contribution < -0.4 is 5.56 Å². The lowest BCUT2D eigenvalue weighted by atomic mass is 10.1. The van der Waals surface area contributed by atoms with Gasteiger partial charge in [-0.15, -0.1) is 0 Å². The molecule has 0 saturated carbocycles. The lowest BCUT2D eigenvalue weighted by Crippen LogP contribution is -2.32. The molecule has 2 heterocycles. The summed E-state index contributed by atoms with van der Waals surface area (Å²) in [5.41, 5.74) is 0.795. The minimum Gasteiger partial charge on any atom is -0.346 e. The summed E-state index contributed by atoms with van der Waals surface area (Å²) >= 11 is 0. The number of nitriles is 1. The second kappa shape index (κ2) is 9.29. The number of hydrogen-bond donors (Lipinski definition) is 0. The summed E-state index contributed by atoms with van der Waals surface area (Å²) in [6, 6.07) is 11.9. The van der Waals surface area contributed by atoms with Crippen LogP contribution in [0.5, 0.6) is 0 Å². The van der Waals surface area contributed by atoms with Crippen molar-refractivity contribution in [2.45, 2.75) is 38.3 Å². The number of pyridine rings is 1. The normalized spacial score (nSPS) is 11.7. The molecule has 0 amide bonds. The third-order valence-electron chi connectivity index (χ3n) is 5.17. The van der Waals surface area contributed by atoms with Gasteiger partial charge in [0, 0.05) is 54.6 Å².